The summed E-state index contributed by atoms with van der Waals surface area (Å²) in [6.07, 6.45) is 3.18. The molecular formula is C16H35N3O2. The fourth-order valence-electron chi connectivity index (χ4n) is 2.05. The zero-order chi connectivity index (χ0) is 16.1. The van der Waals surface area contributed by atoms with Crippen molar-refractivity contribution in [3.8, 4) is 0 Å². The predicted molar refractivity (Wildman–Crippen MR) is 89.0 cm³/mol. The molecule has 0 aliphatic carbocycles. The molecule has 0 bridgehead atoms. The van der Waals surface area contributed by atoms with Crippen LogP contribution in [0.15, 0.2) is 0 Å². The number of amidine groups is 1. The van der Waals surface area contributed by atoms with E-state index in [0.29, 0.717) is 0 Å². The van der Waals surface area contributed by atoms with E-state index in [0.717, 1.165) is 65.3 Å². The summed E-state index contributed by atoms with van der Waals surface area (Å²) in [7, 11) is 0. The summed E-state index contributed by atoms with van der Waals surface area (Å²) in [5.74, 6) is 0.284. The van der Waals surface area contributed by atoms with Gasteiger partial charge in [-0.05, 0) is 33.2 Å². The van der Waals surface area contributed by atoms with Gasteiger partial charge in [-0.2, -0.15) is 0 Å². The lowest BCUT2D eigenvalue weighted by atomic mass is 9.86. The van der Waals surface area contributed by atoms with Crippen molar-refractivity contribution in [2.45, 2.75) is 47.0 Å². The SMILES string of the molecule is CCOCCN(CCCCC(C)(C)C(=N)N)CCOCC. The molecule has 5 nitrogen and oxygen atoms in total. The smallest absolute Gasteiger partial charge is 0.0963 e. The molecule has 0 spiro atoms. The highest BCUT2D eigenvalue weighted by Crippen LogP contribution is 2.22. The molecule has 0 aromatic heterocycles. The molecule has 0 saturated carbocycles. The van der Waals surface area contributed by atoms with Crippen molar-refractivity contribution < 1.29 is 9.47 Å². The van der Waals surface area contributed by atoms with Gasteiger partial charge in [0, 0.05) is 31.7 Å². The van der Waals surface area contributed by atoms with Gasteiger partial charge < -0.3 is 15.2 Å². The molecular weight excluding hydrogens is 266 g/mol. The molecule has 0 rings (SSSR count). The largest absolute Gasteiger partial charge is 0.387 e. The zero-order valence-corrected chi connectivity index (χ0v) is 14.4. The summed E-state index contributed by atoms with van der Waals surface area (Å²) in [6.45, 7) is 14.2. The fraction of sp³-hybridized carbons (Fsp3) is 0.938. The summed E-state index contributed by atoms with van der Waals surface area (Å²) >= 11 is 0. The molecule has 0 aliphatic rings. The van der Waals surface area contributed by atoms with Crippen molar-refractivity contribution in [1.82, 2.24) is 4.90 Å². The van der Waals surface area contributed by atoms with Crippen LogP contribution in [-0.4, -0.2) is 56.8 Å². The molecule has 0 amide bonds. The topological polar surface area (TPSA) is 71.6 Å². The molecule has 0 aliphatic heterocycles. The Morgan fingerprint density at radius 1 is 1.00 bits per heavy atom. The van der Waals surface area contributed by atoms with E-state index < -0.39 is 0 Å². The maximum atomic E-state index is 7.58. The third-order valence-corrected chi connectivity index (χ3v) is 3.77. The Morgan fingerprint density at radius 3 is 1.95 bits per heavy atom. The number of rotatable bonds is 14. The average molecular weight is 301 g/mol. The van der Waals surface area contributed by atoms with Gasteiger partial charge in [-0.3, -0.25) is 10.3 Å². The Hall–Kier alpha value is -0.650. The molecule has 0 aromatic carbocycles. The minimum atomic E-state index is -0.179. The van der Waals surface area contributed by atoms with Gasteiger partial charge in [0.05, 0.1) is 19.0 Å². The molecule has 126 valence electrons. The van der Waals surface area contributed by atoms with Gasteiger partial charge in [0.15, 0.2) is 0 Å². The van der Waals surface area contributed by atoms with Crippen LogP contribution in [0.1, 0.15) is 47.0 Å². The molecule has 0 saturated heterocycles. The summed E-state index contributed by atoms with van der Waals surface area (Å²) in [5, 5.41) is 7.58. The van der Waals surface area contributed by atoms with Crippen LogP contribution in [0.25, 0.3) is 0 Å². The van der Waals surface area contributed by atoms with E-state index in [1.54, 1.807) is 0 Å². The van der Waals surface area contributed by atoms with Gasteiger partial charge >= 0.3 is 0 Å². The van der Waals surface area contributed by atoms with E-state index in [1.807, 2.05) is 27.7 Å². The van der Waals surface area contributed by atoms with E-state index >= 15 is 0 Å². The lowest BCUT2D eigenvalue weighted by Gasteiger charge is -2.25. The van der Waals surface area contributed by atoms with E-state index in [4.69, 9.17) is 20.6 Å². The Bertz CT molecular complexity index is 260. The van der Waals surface area contributed by atoms with Gasteiger partial charge in [0.2, 0.25) is 0 Å². The van der Waals surface area contributed by atoms with Crippen molar-refractivity contribution in [2.24, 2.45) is 11.1 Å². The summed E-state index contributed by atoms with van der Waals surface area (Å²) < 4.78 is 10.9. The van der Waals surface area contributed by atoms with Crippen LogP contribution in [-0.2, 0) is 9.47 Å². The monoisotopic (exact) mass is 301 g/mol. The first kappa shape index (κ1) is 20.3. The van der Waals surface area contributed by atoms with Crippen LogP contribution in [0.2, 0.25) is 0 Å². The van der Waals surface area contributed by atoms with Gasteiger partial charge in [0.1, 0.15) is 0 Å². The highest BCUT2D eigenvalue weighted by Gasteiger charge is 2.20. The van der Waals surface area contributed by atoms with Crippen LogP contribution in [0.3, 0.4) is 0 Å². The molecule has 0 radical (unpaired) electrons. The highest BCUT2D eigenvalue weighted by atomic mass is 16.5. The van der Waals surface area contributed by atoms with Crippen molar-refractivity contribution in [2.75, 3.05) is 46.1 Å². The third kappa shape index (κ3) is 10.7. The molecule has 21 heavy (non-hydrogen) atoms. The van der Waals surface area contributed by atoms with Crippen LogP contribution < -0.4 is 5.73 Å². The summed E-state index contributed by atoms with van der Waals surface area (Å²) in [6, 6.07) is 0. The standard InChI is InChI=1S/C16H35N3O2/c1-5-20-13-11-19(12-14-21-6-2)10-8-7-9-16(3,4)15(17)18/h5-14H2,1-4H3,(H3,17,18). The first-order chi connectivity index (χ1) is 9.94. The zero-order valence-electron chi connectivity index (χ0n) is 14.4. The van der Waals surface area contributed by atoms with Gasteiger partial charge in [-0.25, -0.2) is 0 Å². The molecule has 0 unspecified atom stereocenters. The second-order valence-electron chi connectivity index (χ2n) is 5.99. The van der Waals surface area contributed by atoms with Crippen molar-refractivity contribution >= 4 is 5.84 Å². The Labute approximate surface area is 130 Å². The lowest BCUT2D eigenvalue weighted by Crippen LogP contribution is -2.33. The summed E-state index contributed by atoms with van der Waals surface area (Å²) in [4.78, 5) is 2.39. The quantitative estimate of drug-likeness (QED) is 0.294. The van der Waals surface area contributed by atoms with Crippen molar-refractivity contribution in [3.05, 3.63) is 0 Å². The molecule has 0 heterocycles. The van der Waals surface area contributed by atoms with E-state index in [1.165, 1.54) is 0 Å². The number of nitrogens with one attached hydrogen (secondary N) is 1. The number of hydrogen-bond acceptors (Lipinski definition) is 4. The van der Waals surface area contributed by atoms with Crippen molar-refractivity contribution in [3.63, 3.8) is 0 Å². The fourth-order valence-corrected chi connectivity index (χ4v) is 2.05. The first-order valence-corrected chi connectivity index (χ1v) is 8.16. The minimum Gasteiger partial charge on any atom is -0.387 e. The van der Waals surface area contributed by atoms with Crippen molar-refractivity contribution in [1.29, 1.82) is 5.41 Å². The van der Waals surface area contributed by atoms with E-state index in [9.17, 15) is 0 Å². The third-order valence-electron chi connectivity index (χ3n) is 3.77. The van der Waals surface area contributed by atoms with E-state index in [-0.39, 0.29) is 11.3 Å². The summed E-state index contributed by atoms with van der Waals surface area (Å²) in [5.41, 5.74) is 5.44. The van der Waals surface area contributed by atoms with Crippen LogP contribution in [0, 0.1) is 10.8 Å². The molecule has 5 heteroatoms. The minimum absolute atomic E-state index is 0.179. The second-order valence-corrected chi connectivity index (χ2v) is 5.99. The maximum Gasteiger partial charge on any atom is 0.0963 e. The lowest BCUT2D eigenvalue weighted by molar-refractivity contribution is 0.0818. The van der Waals surface area contributed by atoms with Gasteiger partial charge in [-0.1, -0.05) is 20.3 Å². The van der Waals surface area contributed by atoms with Crippen LogP contribution in [0.4, 0.5) is 0 Å². The normalized spacial score (nSPS) is 12.0. The average Bonchev–Trinajstić information content (AvgIpc) is 2.43. The van der Waals surface area contributed by atoms with Gasteiger partial charge in [0.25, 0.3) is 0 Å². The number of hydrogen-bond donors (Lipinski definition) is 2. The number of nitrogens with zero attached hydrogens (tertiary/aromatic N) is 1. The second kappa shape index (κ2) is 12.0. The van der Waals surface area contributed by atoms with Crippen LogP contribution in [0.5, 0.6) is 0 Å². The molecule has 0 fully saturated rings. The van der Waals surface area contributed by atoms with Gasteiger partial charge in [-0.15, -0.1) is 0 Å². The molecule has 0 atom stereocenters. The molecule has 3 N–H and O–H groups in total. The van der Waals surface area contributed by atoms with Crippen LogP contribution >= 0.6 is 0 Å². The Balaban J connectivity index is 3.95. The highest BCUT2D eigenvalue weighted by molar-refractivity contribution is 5.82. The molecule has 0 aromatic rings. The van der Waals surface area contributed by atoms with E-state index in [2.05, 4.69) is 4.90 Å². The first-order valence-electron chi connectivity index (χ1n) is 8.16. The number of nitrogens with two attached hydrogens (primary N) is 1. The Morgan fingerprint density at radius 2 is 1.52 bits per heavy atom. The predicted octanol–water partition coefficient (Wildman–Crippen LogP) is 2.49. The number of unbranched alkanes of at least 4 members (excludes halogenated alkanes) is 1. The maximum absolute atomic E-state index is 7.58. The number of ether oxygens (including phenoxy) is 2. The Kier molecular flexibility index (Phi) is 11.6.